The Morgan fingerprint density at radius 3 is 2.32 bits per heavy atom. The predicted octanol–water partition coefficient (Wildman–Crippen LogP) is 0.155. The van der Waals surface area contributed by atoms with Gasteiger partial charge < -0.3 is 25.4 Å². The molecule has 1 aliphatic heterocycles. The van der Waals surface area contributed by atoms with Crippen LogP contribution in [0.25, 0.3) is 0 Å². The fourth-order valence-electron chi connectivity index (χ4n) is 3.57. The first-order valence-electron chi connectivity index (χ1n) is 11.6. The maximum absolute atomic E-state index is 13.3. The molecule has 11 nitrogen and oxygen atoms in total. The molecule has 2 aromatic rings. The maximum Gasteiger partial charge on any atom is 0.272 e. The van der Waals surface area contributed by atoms with Crippen LogP contribution in [-0.2, 0) is 30.3 Å². The lowest BCUT2D eigenvalue weighted by Crippen LogP contribution is -2.58. The summed E-state index contributed by atoms with van der Waals surface area (Å²) in [6, 6.07) is 6.44. The van der Waals surface area contributed by atoms with Crippen LogP contribution in [0.1, 0.15) is 23.0 Å². The molecule has 4 atom stereocenters. The summed E-state index contributed by atoms with van der Waals surface area (Å²) in [6.07, 6.45) is 6.13. The van der Waals surface area contributed by atoms with Crippen molar-refractivity contribution in [3.8, 4) is 0 Å². The van der Waals surface area contributed by atoms with E-state index in [0.717, 1.165) is 5.56 Å². The number of ketones is 1. The van der Waals surface area contributed by atoms with Gasteiger partial charge in [-0.1, -0.05) is 30.3 Å². The average molecular weight is 530 g/mol. The second-order valence-corrected chi connectivity index (χ2v) is 9.63. The van der Waals surface area contributed by atoms with Crippen LogP contribution in [0.15, 0.2) is 48.9 Å². The van der Waals surface area contributed by atoms with Gasteiger partial charge >= 0.3 is 0 Å². The second-order valence-electron chi connectivity index (χ2n) is 8.72. The molecule has 0 unspecified atom stereocenters. The third-order valence-electron chi connectivity index (χ3n) is 5.73. The van der Waals surface area contributed by atoms with Gasteiger partial charge in [-0.05, 0) is 25.2 Å². The van der Waals surface area contributed by atoms with Crippen molar-refractivity contribution in [3.63, 3.8) is 0 Å². The first kappa shape index (κ1) is 28.2. The van der Waals surface area contributed by atoms with E-state index in [-0.39, 0.29) is 30.3 Å². The van der Waals surface area contributed by atoms with Crippen molar-refractivity contribution in [2.75, 3.05) is 32.3 Å². The topological polar surface area (TPSA) is 152 Å². The average Bonchev–Trinajstić information content (AvgIpc) is 3.66. The Bertz CT molecular complexity index is 1080. The monoisotopic (exact) mass is 529 g/mol. The third kappa shape index (κ3) is 8.07. The molecule has 1 aliphatic rings. The standard InChI is InChI=1S/C25H31N5O6S/c1-25(15-36-25)21(31)17(11-16-7-5-4-6-8-16)28-24(34)20(14-37-3)30-23(33)19(13-35-2)29-22(32)18-12-26-9-10-27-18/h4-10,12,17,19-20H,11,13-15H2,1-3H3,(H,28,34)(H,29,32)(H,30,33)/t17-,19-,20+,25+/m0/s1. The van der Waals surface area contributed by atoms with E-state index in [2.05, 4.69) is 25.9 Å². The smallest absolute Gasteiger partial charge is 0.272 e. The zero-order valence-corrected chi connectivity index (χ0v) is 21.7. The van der Waals surface area contributed by atoms with Crippen molar-refractivity contribution in [2.24, 2.45) is 0 Å². The number of amides is 3. The molecule has 0 radical (unpaired) electrons. The maximum atomic E-state index is 13.3. The second kappa shape index (κ2) is 13.3. The van der Waals surface area contributed by atoms with Crippen LogP contribution in [0.5, 0.6) is 0 Å². The summed E-state index contributed by atoms with van der Waals surface area (Å²) in [5, 5.41) is 8.04. The van der Waals surface area contributed by atoms with Gasteiger partial charge in [-0.25, -0.2) is 4.98 Å². The Morgan fingerprint density at radius 1 is 1.05 bits per heavy atom. The minimum atomic E-state index is -1.09. The molecule has 2 heterocycles. The molecule has 0 bridgehead atoms. The zero-order chi connectivity index (χ0) is 26.8. The predicted molar refractivity (Wildman–Crippen MR) is 137 cm³/mol. The first-order valence-corrected chi connectivity index (χ1v) is 13.0. The lowest BCUT2D eigenvalue weighted by Gasteiger charge is -2.25. The summed E-state index contributed by atoms with van der Waals surface area (Å²) in [5.41, 5.74) is -0.0188. The van der Waals surface area contributed by atoms with Gasteiger partial charge in [-0.2, -0.15) is 11.8 Å². The number of benzene rings is 1. The van der Waals surface area contributed by atoms with E-state index >= 15 is 0 Å². The van der Waals surface area contributed by atoms with Gasteiger partial charge in [0.15, 0.2) is 5.78 Å². The molecule has 0 spiro atoms. The van der Waals surface area contributed by atoms with Crippen molar-refractivity contribution < 1.29 is 28.7 Å². The highest BCUT2D eigenvalue weighted by atomic mass is 32.2. The number of Topliss-reactive ketones (excluding diaryl/α,β-unsaturated/α-hetero) is 1. The van der Waals surface area contributed by atoms with Gasteiger partial charge in [0.25, 0.3) is 5.91 Å². The zero-order valence-electron chi connectivity index (χ0n) is 20.9. The number of hydrogen-bond acceptors (Lipinski definition) is 9. The number of epoxide rings is 1. The van der Waals surface area contributed by atoms with E-state index < -0.39 is 41.4 Å². The number of aromatic nitrogens is 2. The number of carbonyl (C=O) groups is 4. The molecular formula is C25H31N5O6S. The molecule has 3 rings (SSSR count). The number of hydrogen-bond donors (Lipinski definition) is 3. The molecule has 1 aromatic carbocycles. The summed E-state index contributed by atoms with van der Waals surface area (Å²) in [4.78, 5) is 59.7. The first-order chi connectivity index (χ1) is 17.8. The van der Waals surface area contributed by atoms with Crippen LogP contribution in [0.2, 0.25) is 0 Å². The Kier molecular flexibility index (Phi) is 10.1. The van der Waals surface area contributed by atoms with Crippen molar-refractivity contribution in [1.29, 1.82) is 0 Å². The Morgan fingerprint density at radius 2 is 1.73 bits per heavy atom. The largest absolute Gasteiger partial charge is 0.382 e. The van der Waals surface area contributed by atoms with Gasteiger partial charge in [0.2, 0.25) is 11.8 Å². The molecule has 0 saturated carbocycles. The molecule has 0 aliphatic carbocycles. The molecule has 1 fully saturated rings. The number of thioether (sulfide) groups is 1. The van der Waals surface area contributed by atoms with E-state index in [0.29, 0.717) is 6.61 Å². The van der Waals surface area contributed by atoms with Gasteiger partial charge in [-0.15, -0.1) is 0 Å². The van der Waals surface area contributed by atoms with Crippen molar-refractivity contribution >= 4 is 35.3 Å². The van der Waals surface area contributed by atoms with Crippen LogP contribution >= 0.6 is 11.8 Å². The minimum absolute atomic E-state index is 0.0351. The number of rotatable bonds is 14. The van der Waals surface area contributed by atoms with E-state index in [1.54, 1.807) is 13.2 Å². The van der Waals surface area contributed by atoms with Crippen molar-refractivity contribution in [3.05, 3.63) is 60.2 Å². The highest BCUT2D eigenvalue weighted by Gasteiger charge is 2.50. The fraction of sp³-hybridized carbons (Fsp3) is 0.440. The Labute approximate surface area is 219 Å². The molecule has 1 saturated heterocycles. The number of ether oxygens (including phenoxy) is 2. The van der Waals surface area contributed by atoms with Crippen LogP contribution in [-0.4, -0.2) is 89.5 Å². The molecule has 12 heteroatoms. The summed E-state index contributed by atoms with van der Waals surface area (Å²) >= 11 is 1.35. The van der Waals surface area contributed by atoms with E-state index in [1.807, 2.05) is 30.3 Å². The Hall–Kier alpha value is -3.35. The SMILES string of the molecule is COC[C@H](NC(=O)c1cnccn1)C(=O)N[C@H](CSC)C(=O)N[C@@H](Cc1ccccc1)C(=O)[C@@]1(C)CO1. The van der Waals surface area contributed by atoms with Crippen molar-refractivity contribution in [2.45, 2.75) is 37.1 Å². The molecule has 1 aromatic heterocycles. The van der Waals surface area contributed by atoms with Crippen LogP contribution in [0.3, 0.4) is 0 Å². The lowest BCUT2D eigenvalue weighted by atomic mass is 9.94. The van der Waals surface area contributed by atoms with Gasteiger partial charge in [0.1, 0.15) is 23.4 Å². The normalized spacial score (nSPS) is 18.7. The summed E-state index contributed by atoms with van der Waals surface area (Å²) in [7, 11) is 1.39. The number of nitrogens with one attached hydrogen (secondary N) is 3. The molecule has 37 heavy (non-hydrogen) atoms. The lowest BCUT2D eigenvalue weighted by molar-refractivity contribution is -0.133. The number of nitrogens with zero attached hydrogens (tertiary/aromatic N) is 2. The summed E-state index contributed by atoms with van der Waals surface area (Å²) in [6.45, 7) is 1.86. The van der Waals surface area contributed by atoms with Gasteiger partial charge in [0, 0.05) is 25.3 Å². The highest BCUT2D eigenvalue weighted by Crippen LogP contribution is 2.29. The summed E-state index contributed by atoms with van der Waals surface area (Å²) in [5.74, 6) is -1.72. The third-order valence-corrected chi connectivity index (χ3v) is 6.40. The quantitative estimate of drug-likeness (QED) is 0.291. The van der Waals surface area contributed by atoms with E-state index in [9.17, 15) is 19.2 Å². The molecule has 3 N–H and O–H groups in total. The van der Waals surface area contributed by atoms with E-state index in [4.69, 9.17) is 9.47 Å². The van der Waals surface area contributed by atoms with Gasteiger partial charge in [0.05, 0.1) is 25.5 Å². The summed E-state index contributed by atoms with van der Waals surface area (Å²) < 4.78 is 10.4. The van der Waals surface area contributed by atoms with Crippen LogP contribution < -0.4 is 16.0 Å². The Balaban J connectivity index is 1.70. The molecular weight excluding hydrogens is 498 g/mol. The fourth-order valence-corrected chi connectivity index (χ4v) is 4.14. The minimum Gasteiger partial charge on any atom is -0.382 e. The van der Waals surface area contributed by atoms with Crippen LogP contribution in [0.4, 0.5) is 0 Å². The molecule has 198 valence electrons. The van der Waals surface area contributed by atoms with Crippen LogP contribution in [0, 0.1) is 0 Å². The highest BCUT2D eigenvalue weighted by molar-refractivity contribution is 7.98. The number of carbonyl (C=O) groups excluding carboxylic acids is 4. The number of methoxy groups -OCH3 is 1. The molecule has 3 amide bonds. The van der Waals surface area contributed by atoms with Crippen molar-refractivity contribution in [1.82, 2.24) is 25.9 Å². The van der Waals surface area contributed by atoms with Gasteiger partial charge in [-0.3, -0.25) is 24.2 Å². The van der Waals surface area contributed by atoms with E-state index in [1.165, 1.54) is 37.5 Å².